The topological polar surface area (TPSA) is 122 Å². The summed E-state index contributed by atoms with van der Waals surface area (Å²) >= 11 is 0. The van der Waals surface area contributed by atoms with E-state index in [-0.39, 0.29) is 11.6 Å². The van der Waals surface area contributed by atoms with Crippen molar-refractivity contribution in [3.05, 3.63) is 78.3 Å². The molecule has 3 aromatic heterocycles. The van der Waals surface area contributed by atoms with Crippen LogP contribution in [0, 0.1) is 5.41 Å². The standard InChI is InChI=1S/C18H14N6O2/c19-15-2-1-13(7-14(15)16(20)11-3-6-26-10-11)23-17(25)12-8-22-18-21-4-5-24(18)9-12/h1-10,20H,19H2,(H,23,25). The summed E-state index contributed by atoms with van der Waals surface area (Å²) in [7, 11) is 0. The second-order valence-electron chi connectivity index (χ2n) is 5.62. The van der Waals surface area contributed by atoms with Gasteiger partial charge in [-0.05, 0) is 24.3 Å². The molecule has 1 amide bonds. The fourth-order valence-corrected chi connectivity index (χ4v) is 2.55. The lowest BCUT2D eigenvalue weighted by Gasteiger charge is -2.10. The van der Waals surface area contributed by atoms with Crippen molar-refractivity contribution in [2.45, 2.75) is 0 Å². The van der Waals surface area contributed by atoms with Crippen LogP contribution in [0.3, 0.4) is 0 Å². The van der Waals surface area contributed by atoms with E-state index in [2.05, 4.69) is 15.3 Å². The molecule has 0 aliphatic rings. The van der Waals surface area contributed by atoms with Crippen molar-refractivity contribution in [2.24, 2.45) is 0 Å². The molecule has 4 rings (SSSR count). The number of hydrogen-bond acceptors (Lipinski definition) is 6. The summed E-state index contributed by atoms with van der Waals surface area (Å²) in [5.74, 6) is 0.198. The number of nitrogens with one attached hydrogen (secondary N) is 2. The van der Waals surface area contributed by atoms with Crippen LogP contribution < -0.4 is 11.1 Å². The van der Waals surface area contributed by atoms with Gasteiger partial charge in [-0.15, -0.1) is 0 Å². The van der Waals surface area contributed by atoms with E-state index in [1.165, 1.54) is 18.7 Å². The summed E-state index contributed by atoms with van der Waals surface area (Å²) in [5, 5.41) is 11.1. The number of nitrogens with two attached hydrogens (primary N) is 1. The van der Waals surface area contributed by atoms with Crippen LogP contribution in [0.25, 0.3) is 5.78 Å². The van der Waals surface area contributed by atoms with Crippen LogP contribution in [0.5, 0.6) is 0 Å². The van der Waals surface area contributed by atoms with Gasteiger partial charge in [0.05, 0.1) is 23.8 Å². The number of furan rings is 1. The van der Waals surface area contributed by atoms with E-state index in [0.717, 1.165) is 0 Å². The van der Waals surface area contributed by atoms with E-state index in [4.69, 9.17) is 15.6 Å². The zero-order valence-corrected chi connectivity index (χ0v) is 13.5. The van der Waals surface area contributed by atoms with Crippen molar-refractivity contribution >= 4 is 28.8 Å². The summed E-state index contributed by atoms with van der Waals surface area (Å²) < 4.78 is 6.68. The molecule has 1 aromatic carbocycles. The number of nitrogen functional groups attached to an aromatic ring is 1. The Morgan fingerprint density at radius 1 is 1.23 bits per heavy atom. The molecule has 0 unspecified atom stereocenters. The van der Waals surface area contributed by atoms with Gasteiger partial charge in [-0.3, -0.25) is 14.6 Å². The zero-order chi connectivity index (χ0) is 18.1. The molecule has 0 aliphatic carbocycles. The largest absolute Gasteiger partial charge is 0.472 e. The third kappa shape index (κ3) is 2.80. The molecule has 128 valence electrons. The van der Waals surface area contributed by atoms with Crippen LogP contribution in [-0.2, 0) is 0 Å². The van der Waals surface area contributed by atoms with Gasteiger partial charge in [-0.2, -0.15) is 0 Å². The van der Waals surface area contributed by atoms with Crippen LogP contribution in [0.4, 0.5) is 11.4 Å². The Morgan fingerprint density at radius 2 is 2.12 bits per heavy atom. The van der Waals surface area contributed by atoms with Crippen molar-refractivity contribution in [2.75, 3.05) is 11.1 Å². The number of hydrogen-bond donors (Lipinski definition) is 3. The Bertz CT molecular complexity index is 1110. The molecular weight excluding hydrogens is 332 g/mol. The van der Waals surface area contributed by atoms with Gasteiger partial charge in [0.25, 0.3) is 5.91 Å². The highest BCUT2D eigenvalue weighted by Crippen LogP contribution is 2.22. The van der Waals surface area contributed by atoms with Gasteiger partial charge in [0.15, 0.2) is 0 Å². The molecule has 0 saturated heterocycles. The number of nitrogens with zero attached hydrogens (tertiary/aromatic N) is 3. The summed E-state index contributed by atoms with van der Waals surface area (Å²) in [4.78, 5) is 20.7. The molecule has 0 saturated carbocycles. The van der Waals surface area contributed by atoms with E-state index >= 15 is 0 Å². The Balaban J connectivity index is 1.60. The molecule has 0 spiro atoms. The van der Waals surface area contributed by atoms with Crippen LogP contribution in [0.1, 0.15) is 21.5 Å². The first kappa shape index (κ1) is 15.6. The minimum atomic E-state index is -0.321. The van der Waals surface area contributed by atoms with Gasteiger partial charge >= 0.3 is 0 Å². The second kappa shape index (κ2) is 6.17. The SMILES string of the molecule is N=C(c1ccoc1)c1cc(NC(=O)c2cnc3nccn3c2)ccc1N. The maximum absolute atomic E-state index is 12.5. The molecule has 0 atom stereocenters. The van der Waals surface area contributed by atoms with Gasteiger partial charge in [-0.25, -0.2) is 9.97 Å². The lowest BCUT2D eigenvalue weighted by Crippen LogP contribution is -2.14. The maximum atomic E-state index is 12.5. The molecule has 0 fully saturated rings. The highest BCUT2D eigenvalue weighted by atomic mass is 16.3. The predicted molar refractivity (Wildman–Crippen MR) is 96.4 cm³/mol. The van der Waals surface area contributed by atoms with E-state index in [1.807, 2.05) is 0 Å². The van der Waals surface area contributed by atoms with Gasteiger partial charge in [-0.1, -0.05) is 0 Å². The average Bonchev–Trinajstić information content (AvgIpc) is 3.33. The first-order chi connectivity index (χ1) is 12.6. The van der Waals surface area contributed by atoms with Gasteiger partial charge in [0.2, 0.25) is 5.78 Å². The summed E-state index contributed by atoms with van der Waals surface area (Å²) in [6.07, 6.45) is 9.40. The van der Waals surface area contributed by atoms with Gasteiger partial charge in [0, 0.05) is 47.3 Å². The van der Waals surface area contributed by atoms with Gasteiger partial charge in [0.1, 0.15) is 0 Å². The van der Waals surface area contributed by atoms with Crippen molar-refractivity contribution in [1.82, 2.24) is 14.4 Å². The Morgan fingerprint density at radius 3 is 2.92 bits per heavy atom. The fraction of sp³-hybridized carbons (Fsp3) is 0. The number of fused-ring (bicyclic) bond motifs is 1. The third-order valence-corrected chi connectivity index (χ3v) is 3.90. The fourth-order valence-electron chi connectivity index (χ4n) is 2.55. The average molecular weight is 346 g/mol. The molecular formula is C18H14N6O2. The molecule has 8 nitrogen and oxygen atoms in total. The molecule has 0 aliphatic heterocycles. The first-order valence-electron chi connectivity index (χ1n) is 7.73. The predicted octanol–water partition coefficient (Wildman–Crippen LogP) is 2.57. The van der Waals surface area contributed by atoms with Gasteiger partial charge < -0.3 is 15.5 Å². The highest BCUT2D eigenvalue weighted by molar-refractivity contribution is 6.14. The summed E-state index contributed by atoms with van der Waals surface area (Å²) in [6.45, 7) is 0. The smallest absolute Gasteiger partial charge is 0.258 e. The maximum Gasteiger partial charge on any atom is 0.258 e. The van der Waals surface area contributed by atoms with Crippen LogP contribution in [-0.4, -0.2) is 26.0 Å². The molecule has 3 heterocycles. The molecule has 8 heteroatoms. The zero-order valence-electron chi connectivity index (χ0n) is 13.5. The summed E-state index contributed by atoms with van der Waals surface area (Å²) in [5.41, 5.74) is 8.67. The Labute approximate surface area is 147 Å². The normalized spacial score (nSPS) is 10.8. The number of rotatable bonds is 4. The van der Waals surface area contributed by atoms with Crippen LogP contribution >= 0.6 is 0 Å². The van der Waals surface area contributed by atoms with Crippen molar-refractivity contribution < 1.29 is 9.21 Å². The van der Waals surface area contributed by atoms with Crippen molar-refractivity contribution in [3.63, 3.8) is 0 Å². The van der Waals surface area contributed by atoms with Crippen molar-refractivity contribution in [3.8, 4) is 0 Å². The molecule has 4 aromatic rings. The third-order valence-electron chi connectivity index (χ3n) is 3.90. The number of imidazole rings is 1. The monoisotopic (exact) mass is 346 g/mol. The Hall–Kier alpha value is -3.94. The number of anilines is 2. The van der Waals surface area contributed by atoms with E-state index in [9.17, 15) is 4.79 Å². The molecule has 0 bridgehead atoms. The van der Waals surface area contributed by atoms with Crippen LogP contribution in [0.15, 0.2) is 66.0 Å². The number of benzene rings is 1. The van der Waals surface area contributed by atoms with Crippen molar-refractivity contribution in [1.29, 1.82) is 5.41 Å². The van der Waals surface area contributed by atoms with E-state index < -0.39 is 0 Å². The lowest BCUT2D eigenvalue weighted by atomic mass is 10.0. The Kier molecular flexibility index (Phi) is 3.70. The molecule has 4 N–H and O–H groups in total. The number of carbonyl (C=O) groups is 1. The minimum Gasteiger partial charge on any atom is -0.472 e. The number of aromatic nitrogens is 3. The highest BCUT2D eigenvalue weighted by Gasteiger charge is 2.13. The minimum absolute atomic E-state index is 0.217. The first-order valence-corrected chi connectivity index (χ1v) is 7.73. The second-order valence-corrected chi connectivity index (χ2v) is 5.62. The number of carbonyl (C=O) groups excluding carboxylic acids is 1. The van der Waals surface area contributed by atoms with E-state index in [0.29, 0.717) is 33.8 Å². The van der Waals surface area contributed by atoms with Crippen LogP contribution in [0.2, 0.25) is 0 Å². The quantitative estimate of drug-likeness (QED) is 0.387. The number of amides is 1. The molecule has 0 radical (unpaired) electrons. The van der Waals surface area contributed by atoms with E-state index in [1.54, 1.807) is 47.3 Å². The molecule has 26 heavy (non-hydrogen) atoms. The lowest BCUT2D eigenvalue weighted by molar-refractivity contribution is 0.102. The summed E-state index contributed by atoms with van der Waals surface area (Å²) in [6, 6.07) is 6.67.